The second-order valence-corrected chi connectivity index (χ2v) is 6.35. The van der Waals surface area contributed by atoms with Crippen LogP contribution < -0.4 is 26.4 Å². The average Bonchev–Trinajstić information content (AvgIpc) is 3.02. The van der Waals surface area contributed by atoms with Crippen molar-refractivity contribution in [3.63, 3.8) is 0 Å². The van der Waals surface area contributed by atoms with E-state index < -0.39 is 11.9 Å². The van der Waals surface area contributed by atoms with Crippen molar-refractivity contribution in [1.82, 2.24) is 5.32 Å². The van der Waals surface area contributed by atoms with Crippen LogP contribution in [0.3, 0.4) is 0 Å². The van der Waals surface area contributed by atoms with Crippen LogP contribution in [0, 0.1) is 6.92 Å². The second kappa shape index (κ2) is 8.87. The number of guanidine groups is 2. The first-order valence-corrected chi connectivity index (χ1v) is 8.94. The Bertz CT molecular complexity index is 986. The molecule has 150 valence electrons. The van der Waals surface area contributed by atoms with E-state index in [9.17, 15) is 9.59 Å². The number of nitrogens with two attached hydrogens (primary N) is 1. The summed E-state index contributed by atoms with van der Waals surface area (Å²) in [4.78, 5) is 32.7. The van der Waals surface area contributed by atoms with Gasteiger partial charge < -0.3 is 21.1 Å². The van der Waals surface area contributed by atoms with Gasteiger partial charge in [-0.2, -0.15) is 4.99 Å². The fraction of sp³-hybridized carbons (Fsp3) is 0.200. The number of carbonyl (C=O) groups is 2. The standard InChI is InChI=1S/C20H22N6O3/c1-12-7-3-4-8-13(12)23-19(21)26-20-24-15(18(28)25-20)11-17(27)22-14-9-5-6-10-16(14)29-2/h3-10,15H,11H2,1-2H3,(H,22,27)(H4,21,23,24,25,26,28). The first-order chi connectivity index (χ1) is 14.0. The van der Waals surface area contributed by atoms with Gasteiger partial charge in [0.25, 0.3) is 5.91 Å². The topological polar surface area (TPSA) is 130 Å². The maximum atomic E-state index is 12.3. The molecule has 0 saturated carbocycles. The Labute approximate surface area is 168 Å². The number of rotatable bonds is 5. The third-order valence-corrected chi connectivity index (χ3v) is 4.21. The summed E-state index contributed by atoms with van der Waals surface area (Å²) in [6.45, 7) is 1.93. The van der Waals surface area contributed by atoms with Crippen molar-refractivity contribution >= 4 is 35.1 Å². The summed E-state index contributed by atoms with van der Waals surface area (Å²) in [6, 6.07) is 13.7. The fourth-order valence-electron chi connectivity index (χ4n) is 2.75. The number of amides is 2. The molecule has 29 heavy (non-hydrogen) atoms. The van der Waals surface area contributed by atoms with E-state index in [1.807, 2.05) is 31.2 Å². The highest BCUT2D eigenvalue weighted by molar-refractivity contribution is 6.11. The van der Waals surface area contributed by atoms with Crippen LogP contribution in [0.5, 0.6) is 5.75 Å². The molecule has 1 aliphatic heterocycles. The van der Waals surface area contributed by atoms with Crippen LogP contribution in [0.2, 0.25) is 0 Å². The second-order valence-electron chi connectivity index (χ2n) is 6.35. The molecule has 3 rings (SSSR count). The fourth-order valence-corrected chi connectivity index (χ4v) is 2.75. The van der Waals surface area contributed by atoms with Crippen LogP contribution in [0.25, 0.3) is 0 Å². The quantitative estimate of drug-likeness (QED) is 0.452. The van der Waals surface area contributed by atoms with E-state index in [2.05, 4.69) is 25.9 Å². The number of aliphatic imine (C=N–C) groups is 2. The van der Waals surface area contributed by atoms with E-state index in [-0.39, 0.29) is 24.2 Å². The highest BCUT2D eigenvalue weighted by Crippen LogP contribution is 2.23. The van der Waals surface area contributed by atoms with Gasteiger partial charge in [0.05, 0.1) is 19.2 Å². The molecule has 0 aliphatic carbocycles. The van der Waals surface area contributed by atoms with Crippen molar-refractivity contribution in [2.24, 2.45) is 15.7 Å². The van der Waals surface area contributed by atoms with Crippen molar-refractivity contribution in [2.45, 2.75) is 19.4 Å². The lowest BCUT2D eigenvalue weighted by molar-refractivity contribution is -0.123. The Hall–Kier alpha value is -3.88. The van der Waals surface area contributed by atoms with Crippen LogP contribution in [0.4, 0.5) is 11.4 Å². The van der Waals surface area contributed by atoms with Crippen LogP contribution in [-0.4, -0.2) is 36.9 Å². The number of anilines is 2. The first kappa shape index (κ1) is 19.9. The summed E-state index contributed by atoms with van der Waals surface area (Å²) < 4.78 is 5.20. The minimum Gasteiger partial charge on any atom is -0.495 e. The molecule has 1 aliphatic rings. The van der Waals surface area contributed by atoms with Gasteiger partial charge in [0.1, 0.15) is 11.8 Å². The normalized spacial score (nSPS) is 16.1. The van der Waals surface area contributed by atoms with E-state index >= 15 is 0 Å². The minimum atomic E-state index is -0.880. The van der Waals surface area contributed by atoms with Gasteiger partial charge in [-0.1, -0.05) is 30.3 Å². The number of aryl methyl sites for hydroxylation is 1. The molecule has 5 N–H and O–H groups in total. The van der Waals surface area contributed by atoms with E-state index in [1.165, 1.54) is 7.11 Å². The smallest absolute Gasteiger partial charge is 0.252 e. The molecule has 1 atom stereocenters. The zero-order valence-corrected chi connectivity index (χ0v) is 16.1. The number of nitrogens with zero attached hydrogens (tertiary/aromatic N) is 2. The van der Waals surface area contributed by atoms with Crippen molar-refractivity contribution in [3.8, 4) is 5.75 Å². The Morgan fingerprint density at radius 1 is 1.17 bits per heavy atom. The predicted octanol–water partition coefficient (Wildman–Crippen LogP) is 1.61. The van der Waals surface area contributed by atoms with E-state index in [4.69, 9.17) is 10.5 Å². The number of benzene rings is 2. The molecular weight excluding hydrogens is 372 g/mol. The first-order valence-electron chi connectivity index (χ1n) is 8.94. The van der Waals surface area contributed by atoms with E-state index in [1.54, 1.807) is 24.3 Å². The summed E-state index contributed by atoms with van der Waals surface area (Å²) in [5.74, 6) is -0.112. The highest BCUT2D eigenvalue weighted by Gasteiger charge is 2.29. The molecule has 2 amide bonds. The SMILES string of the molecule is COc1ccccc1NC(=O)CC1N=C(/N=C(\N)Nc2ccccc2C)NC1=O. The number of nitrogens with one attached hydrogen (secondary N) is 3. The third-order valence-electron chi connectivity index (χ3n) is 4.21. The molecule has 2 aromatic carbocycles. The number of methoxy groups -OCH3 is 1. The van der Waals surface area contributed by atoms with Gasteiger partial charge in [0, 0.05) is 5.69 Å². The van der Waals surface area contributed by atoms with E-state index in [0.29, 0.717) is 11.4 Å². The van der Waals surface area contributed by atoms with Crippen molar-refractivity contribution in [3.05, 3.63) is 54.1 Å². The molecule has 0 radical (unpaired) electrons. The molecular formula is C20H22N6O3. The lowest BCUT2D eigenvalue weighted by Crippen LogP contribution is -2.32. The lowest BCUT2D eigenvalue weighted by atomic mass is 10.2. The molecule has 2 aromatic rings. The van der Waals surface area contributed by atoms with Crippen molar-refractivity contribution in [1.29, 1.82) is 0 Å². The molecule has 0 bridgehead atoms. The Balaban J connectivity index is 1.63. The third kappa shape index (κ3) is 5.10. The number of hydrogen-bond acceptors (Lipinski definition) is 5. The lowest BCUT2D eigenvalue weighted by Gasteiger charge is -2.10. The van der Waals surface area contributed by atoms with Crippen LogP contribution in [0.15, 0.2) is 58.5 Å². The van der Waals surface area contributed by atoms with Gasteiger partial charge in [0.2, 0.25) is 17.8 Å². The minimum absolute atomic E-state index is 0.0590. The summed E-state index contributed by atoms with van der Waals surface area (Å²) in [6.07, 6.45) is -0.131. The summed E-state index contributed by atoms with van der Waals surface area (Å²) in [5, 5.41) is 8.20. The number of hydrogen-bond donors (Lipinski definition) is 4. The maximum absolute atomic E-state index is 12.3. The molecule has 0 aromatic heterocycles. The zero-order valence-electron chi connectivity index (χ0n) is 16.1. The van der Waals surface area contributed by atoms with Gasteiger partial charge in [0.15, 0.2) is 0 Å². The van der Waals surface area contributed by atoms with Gasteiger partial charge >= 0.3 is 0 Å². The molecule has 1 heterocycles. The van der Waals surface area contributed by atoms with Crippen molar-refractivity contribution in [2.75, 3.05) is 17.7 Å². The van der Waals surface area contributed by atoms with E-state index in [0.717, 1.165) is 11.3 Å². The monoisotopic (exact) mass is 394 g/mol. The van der Waals surface area contributed by atoms with Gasteiger partial charge in [-0.05, 0) is 30.7 Å². The average molecular weight is 394 g/mol. The number of carbonyl (C=O) groups excluding carboxylic acids is 2. The van der Waals surface area contributed by atoms with Crippen LogP contribution >= 0.6 is 0 Å². The van der Waals surface area contributed by atoms with Crippen LogP contribution in [0.1, 0.15) is 12.0 Å². The molecule has 0 fully saturated rings. The molecule has 0 saturated heterocycles. The molecule has 1 unspecified atom stereocenters. The Morgan fingerprint density at radius 2 is 1.86 bits per heavy atom. The Morgan fingerprint density at radius 3 is 2.59 bits per heavy atom. The van der Waals surface area contributed by atoms with Crippen LogP contribution in [-0.2, 0) is 9.59 Å². The summed E-state index contributed by atoms with van der Waals surface area (Å²) >= 11 is 0. The highest BCUT2D eigenvalue weighted by atomic mass is 16.5. The Kier molecular flexibility index (Phi) is 6.08. The molecule has 0 spiro atoms. The maximum Gasteiger partial charge on any atom is 0.252 e. The van der Waals surface area contributed by atoms with Gasteiger partial charge in [-0.25, -0.2) is 4.99 Å². The number of para-hydroxylation sites is 3. The summed E-state index contributed by atoms with van der Waals surface area (Å²) in [7, 11) is 1.51. The zero-order chi connectivity index (χ0) is 20.8. The number of ether oxygens (including phenoxy) is 1. The molecule has 9 nitrogen and oxygen atoms in total. The largest absolute Gasteiger partial charge is 0.495 e. The van der Waals surface area contributed by atoms with Crippen molar-refractivity contribution < 1.29 is 14.3 Å². The van der Waals surface area contributed by atoms with Gasteiger partial charge in [-0.15, -0.1) is 0 Å². The summed E-state index contributed by atoms with van der Waals surface area (Å²) in [5.41, 5.74) is 8.21. The molecule has 9 heteroatoms. The van der Waals surface area contributed by atoms with Gasteiger partial charge in [-0.3, -0.25) is 14.9 Å². The predicted molar refractivity (Wildman–Crippen MR) is 112 cm³/mol.